The van der Waals surface area contributed by atoms with Crippen molar-refractivity contribution in [2.24, 2.45) is 0 Å². The van der Waals surface area contributed by atoms with Gasteiger partial charge in [-0.05, 0) is 18.6 Å². The summed E-state index contributed by atoms with van der Waals surface area (Å²) < 4.78 is 32.6. The van der Waals surface area contributed by atoms with E-state index in [0.29, 0.717) is 0 Å². The van der Waals surface area contributed by atoms with Gasteiger partial charge in [0.05, 0.1) is 13.2 Å². The molecule has 1 heterocycles. The van der Waals surface area contributed by atoms with Crippen molar-refractivity contribution in [3.8, 4) is 0 Å². The summed E-state index contributed by atoms with van der Waals surface area (Å²) in [5.41, 5.74) is -0.604. The van der Waals surface area contributed by atoms with Crippen molar-refractivity contribution < 1.29 is 28.2 Å². The van der Waals surface area contributed by atoms with Crippen molar-refractivity contribution in [2.75, 3.05) is 19.8 Å². The molecule has 1 atom stereocenters. The third kappa shape index (κ3) is 2.49. The first-order valence-electron chi connectivity index (χ1n) is 5.99. The van der Waals surface area contributed by atoms with Crippen molar-refractivity contribution in [3.63, 3.8) is 0 Å². The average molecular weight is 285 g/mol. The molecular formula is C13H13F2NO4. The van der Waals surface area contributed by atoms with Gasteiger partial charge >= 0.3 is 5.97 Å². The van der Waals surface area contributed by atoms with Gasteiger partial charge in [0.2, 0.25) is 0 Å². The number of carbonyl (C=O) groups excluding carboxylic acids is 1. The zero-order valence-corrected chi connectivity index (χ0v) is 10.7. The van der Waals surface area contributed by atoms with Crippen LogP contribution in [0.1, 0.15) is 15.9 Å². The standard InChI is InChI=1S/C13H13F2NO4/c1-7-2-3-8(14)10(11(7)15)12(17)16-4-5-20-6-9(16)13(18)19/h2-3,9H,4-6H2,1H3,(H,18,19). The number of carbonyl (C=O) groups is 2. The Labute approximate surface area is 113 Å². The zero-order valence-electron chi connectivity index (χ0n) is 10.7. The van der Waals surface area contributed by atoms with Crippen LogP contribution in [-0.4, -0.2) is 47.7 Å². The van der Waals surface area contributed by atoms with Crippen LogP contribution in [-0.2, 0) is 9.53 Å². The lowest BCUT2D eigenvalue weighted by Crippen LogP contribution is -2.53. The molecule has 1 N–H and O–H groups in total. The molecule has 1 unspecified atom stereocenters. The number of amides is 1. The molecule has 0 bridgehead atoms. The minimum absolute atomic E-state index is 0.0252. The van der Waals surface area contributed by atoms with Crippen LogP contribution < -0.4 is 0 Å². The van der Waals surface area contributed by atoms with E-state index >= 15 is 0 Å². The Morgan fingerprint density at radius 1 is 1.40 bits per heavy atom. The number of ether oxygens (including phenoxy) is 1. The molecule has 20 heavy (non-hydrogen) atoms. The normalized spacial score (nSPS) is 18.9. The van der Waals surface area contributed by atoms with E-state index < -0.39 is 35.1 Å². The summed E-state index contributed by atoms with van der Waals surface area (Å²) in [5.74, 6) is -4.22. The smallest absolute Gasteiger partial charge is 0.328 e. The average Bonchev–Trinajstić information content (AvgIpc) is 2.43. The zero-order chi connectivity index (χ0) is 14.9. The minimum Gasteiger partial charge on any atom is -0.480 e. The number of morpholine rings is 1. The first-order chi connectivity index (χ1) is 9.43. The molecule has 0 radical (unpaired) electrons. The van der Waals surface area contributed by atoms with Crippen LogP contribution in [0.5, 0.6) is 0 Å². The van der Waals surface area contributed by atoms with Crippen LogP contribution in [0, 0.1) is 18.6 Å². The summed E-state index contributed by atoms with van der Waals surface area (Å²) in [6, 6.07) is 0.965. The molecule has 0 aliphatic carbocycles. The van der Waals surface area contributed by atoms with Gasteiger partial charge in [-0.15, -0.1) is 0 Å². The number of rotatable bonds is 2. The summed E-state index contributed by atoms with van der Waals surface area (Å²) in [6.45, 7) is 1.31. The first kappa shape index (κ1) is 14.4. The maximum Gasteiger partial charge on any atom is 0.328 e. The van der Waals surface area contributed by atoms with Gasteiger partial charge in [-0.3, -0.25) is 4.79 Å². The lowest BCUT2D eigenvalue weighted by Gasteiger charge is -2.33. The van der Waals surface area contributed by atoms with Crippen molar-refractivity contribution in [3.05, 3.63) is 34.9 Å². The van der Waals surface area contributed by atoms with Gasteiger partial charge in [0.15, 0.2) is 6.04 Å². The first-order valence-corrected chi connectivity index (χ1v) is 5.99. The van der Waals surface area contributed by atoms with Crippen LogP contribution >= 0.6 is 0 Å². The van der Waals surface area contributed by atoms with E-state index in [0.717, 1.165) is 11.0 Å². The van der Waals surface area contributed by atoms with Crippen LogP contribution in [0.25, 0.3) is 0 Å². The maximum atomic E-state index is 13.9. The van der Waals surface area contributed by atoms with Crippen molar-refractivity contribution >= 4 is 11.9 Å². The van der Waals surface area contributed by atoms with E-state index in [1.54, 1.807) is 0 Å². The number of aryl methyl sites for hydroxylation is 1. The highest BCUT2D eigenvalue weighted by atomic mass is 19.1. The lowest BCUT2D eigenvalue weighted by molar-refractivity contribution is -0.147. The second-order valence-electron chi connectivity index (χ2n) is 4.48. The largest absolute Gasteiger partial charge is 0.480 e. The monoisotopic (exact) mass is 285 g/mol. The third-order valence-electron chi connectivity index (χ3n) is 3.17. The Morgan fingerprint density at radius 3 is 2.75 bits per heavy atom. The SMILES string of the molecule is Cc1ccc(F)c(C(=O)N2CCOCC2C(=O)O)c1F. The molecule has 1 aromatic rings. The Bertz CT molecular complexity index is 562. The van der Waals surface area contributed by atoms with Gasteiger partial charge in [0.25, 0.3) is 5.91 Å². The van der Waals surface area contributed by atoms with Gasteiger partial charge in [0, 0.05) is 6.54 Å². The van der Waals surface area contributed by atoms with Gasteiger partial charge in [-0.2, -0.15) is 0 Å². The van der Waals surface area contributed by atoms with E-state index in [-0.39, 0.29) is 25.3 Å². The highest BCUT2D eigenvalue weighted by Crippen LogP contribution is 2.20. The van der Waals surface area contributed by atoms with Gasteiger partial charge < -0.3 is 14.7 Å². The molecule has 5 nitrogen and oxygen atoms in total. The molecule has 7 heteroatoms. The number of hydrogen-bond donors (Lipinski definition) is 1. The molecule has 1 aromatic carbocycles. The number of benzene rings is 1. The predicted octanol–water partition coefficient (Wildman–Crippen LogP) is 1.20. The van der Waals surface area contributed by atoms with E-state index in [2.05, 4.69) is 0 Å². The summed E-state index contributed by atoms with van der Waals surface area (Å²) in [5, 5.41) is 9.04. The highest BCUT2D eigenvalue weighted by molar-refractivity contribution is 5.97. The van der Waals surface area contributed by atoms with Crippen LogP contribution in [0.2, 0.25) is 0 Å². The Hall–Kier alpha value is -2.02. The molecule has 0 aromatic heterocycles. The van der Waals surface area contributed by atoms with E-state index in [9.17, 15) is 18.4 Å². The van der Waals surface area contributed by atoms with Crippen molar-refractivity contribution in [1.82, 2.24) is 4.90 Å². The minimum atomic E-state index is -1.27. The summed E-state index contributed by atoms with van der Waals surface area (Å²) >= 11 is 0. The molecule has 1 fully saturated rings. The fraction of sp³-hybridized carbons (Fsp3) is 0.385. The second kappa shape index (κ2) is 5.54. The Balaban J connectivity index is 2.40. The van der Waals surface area contributed by atoms with E-state index in [4.69, 9.17) is 9.84 Å². The van der Waals surface area contributed by atoms with Gasteiger partial charge in [-0.25, -0.2) is 13.6 Å². The molecule has 2 rings (SSSR count). The van der Waals surface area contributed by atoms with E-state index in [1.165, 1.54) is 13.0 Å². The molecule has 108 valence electrons. The molecule has 1 amide bonds. The summed E-state index contributed by atoms with van der Waals surface area (Å²) in [4.78, 5) is 24.2. The van der Waals surface area contributed by atoms with Crippen LogP contribution in [0.15, 0.2) is 12.1 Å². The molecule has 1 saturated heterocycles. The highest BCUT2D eigenvalue weighted by Gasteiger charge is 2.35. The third-order valence-corrected chi connectivity index (χ3v) is 3.17. The fourth-order valence-corrected chi connectivity index (χ4v) is 2.05. The Kier molecular flexibility index (Phi) is 3.99. The number of halogens is 2. The number of hydrogen-bond acceptors (Lipinski definition) is 3. The van der Waals surface area contributed by atoms with Crippen molar-refractivity contribution in [1.29, 1.82) is 0 Å². The topological polar surface area (TPSA) is 66.8 Å². The fourth-order valence-electron chi connectivity index (χ4n) is 2.05. The van der Waals surface area contributed by atoms with Gasteiger partial charge in [0.1, 0.15) is 17.2 Å². The van der Waals surface area contributed by atoms with Gasteiger partial charge in [-0.1, -0.05) is 6.07 Å². The predicted molar refractivity (Wildman–Crippen MR) is 64.4 cm³/mol. The second-order valence-corrected chi connectivity index (χ2v) is 4.48. The molecule has 0 spiro atoms. The number of aliphatic carboxylic acids is 1. The van der Waals surface area contributed by atoms with E-state index in [1.807, 2.05) is 0 Å². The number of carboxylic acids is 1. The Morgan fingerprint density at radius 2 is 2.10 bits per heavy atom. The quantitative estimate of drug-likeness (QED) is 0.886. The molecule has 1 aliphatic heterocycles. The lowest BCUT2D eigenvalue weighted by atomic mass is 10.1. The maximum absolute atomic E-state index is 13.9. The molecule has 0 saturated carbocycles. The molecular weight excluding hydrogens is 272 g/mol. The van der Waals surface area contributed by atoms with Crippen LogP contribution in [0.3, 0.4) is 0 Å². The van der Waals surface area contributed by atoms with Crippen molar-refractivity contribution in [2.45, 2.75) is 13.0 Å². The number of carboxylic acid groups (broad SMARTS) is 1. The number of nitrogens with zero attached hydrogens (tertiary/aromatic N) is 1. The van der Waals surface area contributed by atoms with Crippen LogP contribution in [0.4, 0.5) is 8.78 Å². The summed E-state index contributed by atoms with van der Waals surface area (Å²) in [7, 11) is 0. The summed E-state index contributed by atoms with van der Waals surface area (Å²) in [6.07, 6.45) is 0. The molecule has 1 aliphatic rings.